The molecule has 4 aromatic rings. The third-order valence-electron chi connectivity index (χ3n) is 4.45. The van der Waals surface area contributed by atoms with Crippen LogP contribution in [0.3, 0.4) is 0 Å². The lowest BCUT2D eigenvalue weighted by Crippen LogP contribution is -2.19. The van der Waals surface area contributed by atoms with Crippen molar-refractivity contribution in [1.29, 1.82) is 0 Å². The van der Waals surface area contributed by atoms with E-state index in [1.807, 2.05) is 12.1 Å². The lowest BCUT2D eigenvalue weighted by Gasteiger charge is -2.09. The molecule has 1 aromatic heterocycles. The number of imidazole rings is 1. The van der Waals surface area contributed by atoms with Crippen LogP contribution in [0, 0.1) is 0 Å². The van der Waals surface area contributed by atoms with Gasteiger partial charge in [-0.15, -0.1) is 0 Å². The Morgan fingerprint density at radius 3 is 2.28 bits per heavy atom. The lowest BCUT2D eigenvalue weighted by molar-refractivity contribution is 0.102. The molecule has 0 aliphatic carbocycles. The number of nitrogens with zero attached hydrogens (tertiary/aromatic N) is 1. The fourth-order valence-corrected chi connectivity index (χ4v) is 3.23. The maximum atomic E-state index is 12.3. The minimum absolute atomic E-state index is 0.263. The molecule has 7 nitrogen and oxygen atoms in total. The zero-order valence-corrected chi connectivity index (χ0v) is 18.0. The number of carbonyl (C=O) groups is 2. The van der Waals surface area contributed by atoms with Crippen LogP contribution in [0.15, 0.2) is 79.0 Å². The quantitative estimate of drug-likeness (QED) is 0.279. The van der Waals surface area contributed by atoms with Crippen LogP contribution in [-0.2, 0) is 0 Å². The number of urea groups is 1. The van der Waals surface area contributed by atoms with Crippen LogP contribution in [0.25, 0.3) is 11.3 Å². The van der Waals surface area contributed by atoms with E-state index in [4.69, 9.17) is 23.2 Å². The van der Waals surface area contributed by atoms with E-state index < -0.39 is 6.03 Å². The van der Waals surface area contributed by atoms with E-state index in [1.54, 1.807) is 66.9 Å². The van der Waals surface area contributed by atoms with E-state index >= 15 is 0 Å². The van der Waals surface area contributed by atoms with Gasteiger partial charge >= 0.3 is 6.03 Å². The van der Waals surface area contributed by atoms with Crippen molar-refractivity contribution in [3.8, 4) is 11.3 Å². The molecule has 160 valence electrons. The number of nitrogens with one attached hydrogen (secondary N) is 4. The minimum atomic E-state index is -0.430. The molecular formula is C23H17Cl2N5O2. The highest BCUT2D eigenvalue weighted by Gasteiger charge is 2.10. The molecule has 9 heteroatoms. The molecule has 0 radical (unpaired) electrons. The van der Waals surface area contributed by atoms with Gasteiger partial charge in [0, 0.05) is 22.5 Å². The summed E-state index contributed by atoms with van der Waals surface area (Å²) < 4.78 is 0. The number of aromatic nitrogens is 2. The summed E-state index contributed by atoms with van der Waals surface area (Å²) in [5, 5.41) is 8.94. The Labute approximate surface area is 193 Å². The van der Waals surface area contributed by atoms with Gasteiger partial charge in [-0.2, -0.15) is 0 Å². The molecule has 0 saturated carbocycles. The topological polar surface area (TPSA) is 98.9 Å². The zero-order chi connectivity index (χ0) is 22.5. The summed E-state index contributed by atoms with van der Waals surface area (Å²) in [6, 6.07) is 20.5. The second-order valence-corrected chi connectivity index (χ2v) is 7.57. The highest BCUT2D eigenvalue weighted by Crippen LogP contribution is 2.26. The number of rotatable bonds is 5. The largest absolute Gasteiger partial charge is 0.324 e. The monoisotopic (exact) mass is 465 g/mol. The second kappa shape index (κ2) is 9.55. The number of aromatic amines is 1. The summed E-state index contributed by atoms with van der Waals surface area (Å²) in [6.45, 7) is 0. The Kier molecular flexibility index (Phi) is 6.39. The first-order chi connectivity index (χ1) is 15.5. The number of halogens is 2. The summed E-state index contributed by atoms with van der Waals surface area (Å²) in [4.78, 5) is 31.9. The number of carbonyl (C=O) groups excluding carboxylic acids is 2. The van der Waals surface area contributed by atoms with Gasteiger partial charge in [-0.05, 0) is 42.5 Å². The van der Waals surface area contributed by atoms with Gasteiger partial charge in [0.15, 0.2) is 0 Å². The molecule has 0 spiro atoms. The fourth-order valence-electron chi connectivity index (χ4n) is 2.93. The molecule has 0 atom stereocenters. The van der Waals surface area contributed by atoms with Gasteiger partial charge in [0.2, 0.25) is 5.95 Å². The van der Waals surface area contributed by atoms with Gasteiger partial charge in [0.25, 0.3) is 5.91 Å². The van der Waals surface area contributed by atoms with Crippen molar-refractivity contribution >= 4 is 52.5 Å². The Hall–Kier alpha value is -3.81. The molecule has 0 unspecified atom stereocenters. The van der Waals surface area contributed by atoms with Crippen LogP contribution < -0.4 is 16.0 Å². The van der Waals surface area contributed by atoms with E-state index in [2.05, 4.69) is 25.9 Å². The van der Waals surface area contributed by atoms with Crippen LogP contribution in [0.2, 0.25) is 10.0 Å². The normalized spacial score (nSPS) is 10.4. The predicted octanol–water partition coefficient (Wildman–Crippen LogP) is 6.28. The van der Waals surface area contributed by atoms with E-state index in [0.29, 0.717) is 38.6 Å². The molecular weight excluding hydrogens is 449 g/mol. The highest BCUT2D eigenvalue weighted by atomic mass is 35.5. The minimum Gasteiger partial charge on any atom is -0.324 e. The van der Waals surface area contributed by atoms with E-state index in [0.717, 1.165) is 5.56 Å². The smallest absolute Gasteiger partial charge is 0.323 e. The molecule has 0 saturated heterocycles. The van der Waals surface area contributed by atoms with Gasteiger partial charge in [-0.3, -0.25) is 10.1 Å². The molecule has 32 heavy (non-hydrogen) atoms. The van der Waals surface area contributed by atoms with Crippen LogP contribution in [0.1, 0.15) is 10.4 Å². The summed E-state index contributed by atoms with van der Waals surface area (Å²) in [7, 11) is 0. The van der Waals surface area contributed by atoms with Crippen LogP contribution in [0.4, 0.5) is 22.1 Å². The summed E-state index contributed by atoms with van der Waals surface area (Å²) in [6.07, 6.45) is 1.61. The zero-order valence-electron chi connectivity index (χ0n) is 16.5. The summed E-state index contributed by atoms with van der Waals surface area (Å²) in [5.41, 5.74) is 3.08. The fraction of sp³-hybridized carbons (Fsp3) is 0. The molecule has 4 rings (SSSR count). The molecule has 3 aromatic carbocycles. The summed E-state index contributed by atoms with van der Waals surface area (Å²) >= 11 is 11.9. The Morgan fingerprint density at radius 2 is 1.53 bits per heavy atom. The average Bonchev–Trinajstić information content (AvgIpc) is 3.25. The first-order valence-corrected chi connectivity index (χ1v) is 10.3. The average molecular weight is 466 g/mol. The predicted molar refractivity (Wildman–Crippen MR) is 128 cm³/mol. The molecule has 4 N–H and O–H groups in total. The van der Waals surface area contributed by atoms with Crippen molar-refractivity contribution in [2.75, 3.05) is 16.0 Å². The third-order valence-corrected chi connectivity index (χ3v) is 5.19. The molecule has 0 aliphatic rings. The van der Waals surface area contributed by atoms with Gasteiger partial charge in [0.1, 0.15) is 0 Å². The lowest BCUT2D eigenvalue weighted by atomic mass is 10.1. The second-order valence-electron chi connectivity index (χ2n) is 6.75. The summed E-state index contributed by atoms with van der Waals surface area (Å²) in [5.74, 6) is 0.0606. The van der Waals surface area contributed by atoms with Crippen molar-refractivity contribution in [2.45, 2.75) is 0 Å². The van der Waals surface area contributed by atoms with Gasteiger partial charge < -0.3 is 15.6 Å². The molecule has 3 amide bonds. The third kappa shape index (κ3) is 5.26. The molecule has 0 bridgehead atoms. The van der Waals surface area contributed by atoms with E-state index in [1.165, 1.54) is 0 Å². The van der Waals surface area contributed by atoms with Crippen molar-refractivity contribution in [3.63, 3.8) is 0 Å². The SMILES string of the molecule is O=C(Nc1cccc(-c2cnc(NC(=O)c3ccccc3)[nH]2)c1)Nc1ccc(Cl)c(Cl)c1. The number of benzene rings is 3. The Bertz CT molecular complexity index is 1270. The van der Waals surface area contributed by atoms with E-state index in [-0.39, 0.29) is 5.91 Å². The molecule has 0 fully saturated rings. The first-order valence-electron chi connectivity index (χ1n) is 9.53. The number of hydrogen-bond donors (Lipinski definition) is 4. The highest BCUT2D eigenvalue weighted by molar-refractivity contribution is 6.42. The number of H-pyrrole nitrogens is 1. The van der Waals surface area contributed by atoms with Crippen molar-refractivity contribution < 1.29 is 9.59 Å². The van der Waals surface area contributed by atoms with Gasteiger partial charge in [0.05, 0.1) is 21.9 Å². The first kappa shape index (κ1) is 21.4. The molecule has 1 heterocycles. The van der Waals surface area contributed by atoms with Crippen molar-refractivity contribution in [1.82, 2.24) is 9.97 Å². The maximum Gasteiger partial charge on any atom is 0.323 e. The number of anilines is 3. The number of amides is 3. The van der Waals surface area contributed by atoms with Crippen LogP contribution >= 0.6 is 23.2 Å². The van der Waals surface area contributed by atoms with Crippen molar-refractivity contribution in [2.24, 2.45) is 0 Å². The van der Waals surface area contributed by atoms with Crippen LogP contribution in [-0.4, -0.2) is 21.9 Å². The molecule has 0 aliphatic heterocycles. The Balaban J connectivity index is 1.42. The standard InChI is InChI=1S/C23H17Cl2N5O2/c24-18-10-9-17(12-19(18)25)28-23(32)27-16-8-4-7-15(11-16)20-13-26-22(29-20)30-21(31)14-5-2-1-3-6-14/h1-13H,(H2,27,28,32)(H2,26,29,30,31). The van der Waals surface area contributed by atoms with Crippen molar-refractivity contribution in [3.05, 3.63) is 94.6 Å². The van der Waals surface area contributed by atoms with Crippen LogP contribution in [0.5, 0.6) is 0 Å². The number of hydrogen-bond acceptors (Lipinski definition) is 3. The van der Waals surface area contributed by atoms with E-state index in [9.17, 15) is 9.59 Å². The maximum absolute atomic E-state index is 12.3. The Morgan fingerprint density at radius 1 is 0.781 bits per heavy atom. The van der Waals surface area contributed by atoms with Gasteiger partial charge in [-0.25, -0.2) is 9.78 Å². The van der Waals surface area contributed by atoms with Gasteiger partial charge in [-0.1, -0.05) is 53.5 Å².